The van der Waals surface area contributed by atoms with Gasteiger partial charge in [0.1, 0.15) is 5.75 Å². The second-order valence-electron chi connectivity index (χ2n) is 6.86. The molecule has 0 aliphatic heterocycles. The number of rotatable bonds is 5. The van der Waals surface area contributed by atoms with Gasteiger partial charge in [0.25, 0.3) is 0 Å². The molecule has 1 aliphatic carbocycles. The molecule has 1 aliphatic rings. The molecule has 1 nitrogen and oxygen atoms in total. The van der Waals surface area contributed by atoms with E-state index < -0.39 is 0 Å². The minimum Gasteiger partial charge on any atom is -0.491 e. The van der Waals surface area contributed by atoms with Gasteiger partial charge in [-0.25, -0.2) is 0 Å². The van der Waals surface area contributed by atoms with Crippen molar-refractivity contribution in [2.75, 3.05) is 0 Å². The summed E-state index contributed by atoms with van der Waals surface area (Å²) in [5.41, 5.74) is 5.39. The van der Waals surface area contributed by atoms with Crippen LogP contribution in [-0.4, -0.2) is 6.10 Å². The number of aryl methyl sites for hydroxylation is 1. The van der Waals surface area contributed by atoms with Gasteiger partial charge in [0.2, 0.25) is 0 Å². The van der Waals surface area contributed by atoms with Gasteiger partial charge in [-0.05, 0) is 79.8 Å². The molecule has 2 atom stereocenters. The average molecular weight is 306 g/mol. The van der Waals surface area contributed by atoms with E-state index in [9.17, 15) is 0 Å². The minimum absolute atomic E-state index is 0.209. The van der Waals surface area contributed by atoms with Crippen LogP contribution in [0.25, 0.3) is 5.57 Å². The summed E-state index contributed by atoms with van der Waals surface area (Å²) in [6.07, 6.45) is 2.71. The van der Waals surface area contributed by atoms with Crippen molar-refractivity contribution < 1.29 is 4.74 Å². The molecule has 2 aromatic carbocycles. The first-order valence-corrected chi connectivity index (χ1v) is 8.57. The maximum atomic E-state index is 5.73. The highest BCUT2D eigenvalue weighted by Crippen LogP contribution is 2.49. The van der Waals surface area contributed by atoms with Crippen molar-refractivity contribution in [3.63, 3.8) is 0 Å². The summed E-state index contributed by atoms with van der Waals surface area (Å²) in [5, 5.41) is 0. The Labute approximate surface area is 140 Å². The van der Waals surface area contributed by atoms with Crippen molar-refractivity contribution in [3.8, 4) is 5.75 Å². The van der Waals surface area contributed by atoms with E-state index >= 15 is 0 Å². The summed E-state index contributed by atoms with van der Waals surface area (Å²) < 4.78 is 5.73. The predicted molar refractivity (Wildman–Crippen MR) is 97.9 cm³/mol. The first-order valence-electron chi connectivity index (χ1n) is 8.57. The normalized spacial score (nSPS) is 20.2. The van der Waals surface area contributed by atoms with E-state index in [2.05, 4.69) is 62.0 Å². The maximum absolute atomic E-state index is 5.73. The quantitative estimate of drug-likeness (QED) is 0.659. The van der Waals surface area contributed by atoms with Crippen LogP contribution in [0.4, 0.5) is 0 Å². The van der Waals surface area contributed by atoms with Crippen molar-refractivity contribution in [1.29, 1.82) is 0 Å². The Kier molecular flexibility index (Phi) is 4.56. The molecule has 120 valence electrons. The fraction of sp³-hybridized carbons (Fsp3) is 0.364. The van der Waals surface area contributed by atoms with Crippen LogP contribution >= 0.6 is 0 Å². The van der Waals surface area contributed by atoms with Crippen LogP contribution < -0.4 is 4.74 Å². The van der Waals surface area contributed by atoms with E-state index in [0.717, 1.165) is 5.75 Å². The molecule has 1 heteroatoms. The van der Waals surface area contributed by atoms with Crippen LogP contribution in [-0.2, 0) is 0 Å². The molecule has 3 rings (SSSR count). The molecule has 0 amide bonds. The van der Waals surface area contributed by atoms with Gasteiger partial charge in [0.05, 0.1) is 6.10 Å². The average Bonchev–Trinajstić information content (AvgIpc) is 2.48. The predicted octanol–water partition coefficient (Wildman–Crippen LogP) is 5.99. The Bertz CT molecular complexity index is 681. The monoisotopic (exact) mass is 306 g/mol. The highest BCUT2D eigenvalue weighted by molar-refractivity contribution is 5.68. The fourth-order valence-electron chi connectivity index (χ4n) is 3.53. The molecule has 23 heavy (non-hydrogen) atoms. The summed E-state index contributed by atoms with van der Waals surface area (Å²) in [5.74, 6) is 2.11. The zero-order chi connectivity index (χ0) is 16.4. The Balaban J connectivity index is 1.74. The smallest absolute Gasteiger partial charge is 0.119 e. The highest BCUT2D eigenvalue weighted by atomic mass is 16.5. The minimum atomic E-state index is 0.209. The molecule has 2 aromatic rings. The lowest BCUT2D eigenvalue weighted by molar-refractivity contribution is 0.242. The molecule has 1 fully saturated rings. The third kappa shape index (κ3) is 3.34. The molecule has 0 spiro atoms. The summed E-state index contributed by atoms with van der Waals surface area (Å²) >= 11 is 0. The van der Waals surface area contributed by atoms with E-state index in [-0.39, 0.29) is 6.10 Å². The van der Waals surface area contributed by atoms with Crippen LogP contribution in [0.2, 0.25) is 0 Å². The van der Waals surface area contributed by atoms with E-state index in [4.69, 9.17) is 4.74 Å². The summed E-state index contributed by atoms with van der Waals surface area (Å²) in [4.78, 5) is 0. The molecule has 0 N–H and O–H groups in total. The Hall–Kier alpha value is -2.02. The van der Waals surface area contributed by atoms with E-state index in [1.807, 2.05) is 13.8 Å². The van der Waals surface area contributed by atoms with Gasteiger partial charge < -0.3 is 4.74 Å². The Morgan fingerprint density at radius 1 is 1.04 bits per heavy atom. The zero-order valence-corrected chi connectivity index (χ0v) is 14.4. The van der Waals surface area contributed by atoms with E-state index in [1.165, 1.54) is 35.1 Å². The standard InChI is InChI=1S/C22H26O/c1-15(2)23-19-11-9-18(10-12-19)17(4)21-13-14-22(21)20-8-6-5-7-16(20)3/h5-12,15,21-22H,4,13-14H2,1-3H3. The van der Waals surface area contributed by atoms with Gasteiger partial charge in [-0.1, -0.05) is 43.0 Å². The Morgan fingerprint density at radius 2 is 1.74 bits per heavy atom. The van der Waals surface area contributed by atoms with Gasteiger partial charge in [-0.2, -0.15) is 0 Å². The number of ether oxygens (including phenoxy) is 1. The van der Waals surface area contributed by atoms with E-state index in [0.29, 0.717) is 11.8 Å². The number of benzene rings is 2. The van der Waals surface area contributed by atoms with Gasteiger partial charge in [-0.15, -0.1) is 0 Å². The second-order valence-corrected chi connectivity index (χ2v) is 6.86. The summed E-state index contributed by atoms with van der Waals surface area (Å²) in [7, 11) is 0. The van der Waals surface area contributed by atoms with Crippen LogP contribution in [0.15, 0.2) is 55.1 Å². The van der Waals surface area contributed by atoms with Crippen LogP contribution in [0.3, 0.4) is 0 Å². The lowest BCUT2D eigenvalue weighted by Crippen LogP contribution is -2.25. The molecule has 0 heterocycles. The first kappa shape index (κ1) is 15.9. The van der Waals surface area contributed by atoms with Crippen molar-refractivity contribution in [1.82, 2.24) is 0 Å². The van der Waals surface area contributed by atoms with Crippen LogP contribution in [0.1, 0.15) is 49.3 Å². The SMILES string of the molecule is C=C(c1ccc(OC(C)C)cc1)C1CCC1c1ccccc1C. The number of allylic oxidation sites excluding steroid dienone is 1. The molecule has 2 unspecified atom stereocenters. The van der Waals surface area contributed by atoms with Crippen molar-refractivity contribution in [2.24, 2.45) is 5.92 Å². The number of hydrogen-bond donors (Lipinski definition) is 0. The molecule has 0 aromatic heterocycles. The maximum Gasteiger partial charge on any atom is 0.119 e. The van der Waals surface area contributed by atoms with E-state index in [1.54, 1.807) is 0 Å². The van der Waals surface area contributed by atoms with Crippen molar-refractivity contribution >= 4 is 5.57 Å². The summed E-state index contributed by atoms with van der Waals surface area (Å²) in [6, 6.07) is 17.2. The summed E-state index contributed by atoms with van der Waals surface area (Å²) in [6.45, 7) is 10.7. The topological polar surface area (TPSA) is 9.23 Å². The third-order valence-corrected chi connectivity index (χ3v) is 4.91. The van der Waals surface area contributed by atoms with Gasteiger partial charge >= 0.3 is 0 Å². The Morgan fingerprint density at radius 3 is 2.30 bits per heavy atom. The molecule has 0 radical (unpaired) electrons. The molecular formula is C22H26O. The van der Waals surface area contributed by atoms with Crippen molar-refractivity contribution in [2.45, 2.75) is 45.6 Å². The van der Waals surface area contributed by atoms with Crippen LogP contribution in [0.5, 0.6) is 5.75 Å². The fourth-order valence-corrected chi connectivity index (χ4v) is 3.53. The molecule has 1 saturated carbocycles. The third-order valence-electron chi connectivity index (χ3n) is 4.91. The van der Waals surface area contributed by atoms with Crippen molar-refractivity contribution in [3.05, 3.63) is 71.8 Å². The number of hydrogen-bond acceptors (Lipinski definition) is 1. The second kappa shape index (κ2) is 6.62. The molecule has 0 bridgehead atoms. The first-order chi connectivity index (χ1) is 11.1. The largest absolute Gasteiger partial charge is 0.491 e. The van der Waals surface area contributed by atoms with Gasteiger partial charge in [0, 0.05) is 0 Å². The molecule has 0 saturated heterocycles. The zero-order valence-electron chi connectivity index (χ0n) is 14.4. The van der Waals surface area contributed by atoms with Gasteiger partial charge in [0.15, 0.2) is 0 Å². The lowest BCUT2D eigenvalue weighted by atomic mass is 9.65. The van der Waals surface area contributed by atoms with Gasteiger partial charge in [-0.3, -0.25) is 0 Å². The highest BCUT2D eigenvalue weighted by Gasteiger charge is 2.34. The lowest BCUT2D eigenvalue weighted by Gasteiger charge is -2.39. The molecular weight excluding hydrogens is 280 g/mol. The van der Waals surface area contributed by atoms with Crippen LogP contribution in [0, 0.1) is 12.8 Å².